The Balaban J connectivity index is 0.000000677. The number of hydrogen-bond acceptors (Lipinski definition) is 2. The predicted molar refractivity (Wildman–Crippen MR) is 96.9 cm³/mol. The topological polar surface area (TPSA) is 51.4 Å². The third-order valence-corrected chi connectivity index (χ3v) is 2.26. The van der Waals surface area contributed by atoms with E-state index in [2.05, 4.69) is 60.3 Å². The summed E-state index contributed by atoms with van der Waals surface area (Å²) in [5, 5.41) is 7.33. The normalized spacial score (nSPS) is 9.24. The molecule has 0 spiro atoms. The second kappa shape index (κ2) is 11.9. The fourth-order valence-corrected chi connectivity index (χ4v) is 1.45. The Morgan fingerprint density at radius 1 is 1.19 bits per heavy atom. The quantitative estimate of drug-likeness (QED) is 0.180. The summed E-state index contributed by atoms with van der Waals surface area (Å²) in [5.41, 5.74) is 5.58. The van der Waals surface area contributed by atoms with Crippen LogP contribution in [0.2, 0.25) is 0 Å². The number of pyridine rings is 1. The third-order valence-electron chi connectivity index (χ3n) is 2.06. The molecule has 0 saturated carbocycles. The van der Waals surface area contributed by atoms with Crippen LogP contribution in [-0.2, 0) is 25.4 Å². The van der Waals surface area contributed by atoms with E-state index >= 15 is 0 Å². The number of hydrogen-bond donors (Lipinski definition) is 1. The Kier molecular flexibility index (Phi) is 10.4. The van der Waals surface area contributed by atoms with Crippen molar-refractivity contribution >= 4 is 56.5 Å². The van der Waals surface area contributed by atoms with Crippen molar-refractivity contribution in [1.29, 1.82) is 0 Å². The zero-order valence-corrected chi connectivity index (χ0v) is 18.1. The van der Waals surface area contributed by atoms with Crippen LogP contribution in [0.5, 0.6) is 0 Å². The molecule has 0 aliphatic rings. The van der Waals surface area contributed by atoms with Crippen LogP contribution in [0.4, 0.5) is 5.69 Å². The van der Waals surface area contributed by atoms with E-state index in [0.717, 1.165) is 11.4 Å². The summed E-state index contributed by atoms with van der Waals surface area (Å²) in [4.78, 5) is 4.10. The van der Waals surface area contributed by atoms with Crippen LogP contribution in [0.15, 0.2) is 59.8 Å². The number of benzene rings is 1. The first-order valence-corrected chi connectivity index (χ1v) is 20.3. The van der Waals surface area contributed by atoms with Gasteiger partial charge in [0.25, 0.3) is 0 Å². The fraction of sp³-hybridized carbons (Fsp3) is 0. The fourth-order valence-electron chi connectivity index (χ4n) is 1.27. The van der Waals surface area contributed by atoms with Crippen molar-refractivity contribution in [3.63, 3.8) is 0 Å². The first kappa shape index (κ1) is 18.4. The molecule has 1 heterocycles. The molecule has 1 N–H and O–H groups in total. The van der Waals surface area contributed by atoms with Crippen LogP contribution in [-0.4, -0.2) is 16.3 Å². The third kappa shape index (κ3) is 9.03. The summed E-state index contributed by atoms with van der Waals surface area (Å²) >= 11 is 10.4. The molecule has 0 unspecified atom stereocenters. The van der Waals surface area contributed by atoms with Crippen LogP contribution < -0.4 is 5.32 Å². The molecule has 1 aromatic carbocycles. The van der Waals surface area contributed by atoms with Crippen molar-refractivity contribution in [2.45, 2.75) is 0 Å². The molecule has 0 bridgehead atoms. The van der Waals surface area contributed by atoms with Gasteiger partial charge in [0.2, 0.25) is 5.11 Å². The molecule has 0 fully saturated rings. The number of para-hydroxylation sites is 1. The van der Waals surface area contributed by atoms with Gasteiger partial charge < -0.3 is 15.8 Å². The first-order valence-electron chi connectivity index (χ1n) is 5.91. The van der Waals surface area contributed by atoms with Gasteiger partial charge in [-0.1, -0.05) is 24.3 Å². The number of halogens is 2. The van der Waals surface area contributed by atoms with Gasteiger partial charge in [-0.3, -0.25) is 4.98 Å². The summed E-state index contributed by atoms with van der Waals surface area (Å²) in [5.74, 6) is 0. The van der Waals surface area contributed by atoms with Gasteiger partial charge in [0.1, 0.15) is 0 Å². The Bertz CT molecular complexity index is 555. The Hall–Kier alpha value is -0.687. The van der Waals surface area contributed by atoms with Gasteiger partial charge in [-0.25, -0.2) is 0 Å². The van der Waals surface area contributed by atoms with Crippen molar-refractivity contribution in [1.82, 2.24) is 4.98 Å². The smallest absolute Gasteiger partial charge is 0.212 e. The zero-order valence-electron chi connectivity index (χ0n) is 11.0. The molecule has 1 aromatic heterocycles. The number of aromatic nitrogens is 1. The van der Waals surface area contributed by atoms with Gasteiger partial charge in [0.15, 0.2) is 12.2 Å². The minimum absolute atomic E-state index is 0.250. The second-order valence-corrected chi connectivity index (χ2v) is 18.0. The number of thiol groups is 1. The van der Waals surface area contributed by atoms with E-state index in [4.69, 9.17) is 0 Å². The Labute approximate surface area is 150 Å². The van der Waals surface area contributed by atoms with Crippen molar-refractivity contribution < 1.29 is 13.2 Å². The van der Waals surface area contributed by atoms with Gasteiger partial charge in [-0.05, 0) is 24.3 Å². The molecule has 2 aromatic rings. The van der Waals surface area contributed by atoms with E-state index in [9.17, 15) is 0 Å². The zero-order chi connectivity index (χ0) is 15.3. The van der Waals surface area contributed by atoms with Gasteiger partial charge in [0, 0.05) is 18.1 Å². The van der Waals surface area contributed by atoms with E-state index in [0.29, 0.717) is 5.11 Å². The molecular weight excluding hydrogens is 469 g/mol. The summed E-state index contributed by atoms with van der Waals surface area (Å²) in [6, 6.07) is 15.2. The summed E-state index contributed by atoms with van der Waals surface area (Å²) in [7, 11) is 0. The molecule has 21 heavy (non-hydrogen) atoms. The average molecular weight is 482 g/mol. The van der Waals surface area contributed by atoms with E-state index in [1.54, 1.807) is 12.4 Å². The largest absolute Gasteiger partial charge is 0.510 e. The van der Waals surface area contributed by atoms with Crippen molar-refractivity contribution in [2.24, 2.45) is 5.10 Å². The van der Waals surface area contributed by atoms with E-state index in [1.165, 1.54) is 0 Å². The maximum atomic E-state index is 4.19. The molecule has 0 amide bonds. The molecule has 4 nitrogen and oxygen atoms in total. The van der Waals surface area contributed by atoms with Crippen molar-refractivity contribution in [3.8, 4) is 0 Å². The van der Waals surface area contributed by atoms with Crippen LogP contribution >= 0.6 is 27.2 Å². The van der Waals surface area contributed by atoms with Gasteiger partial charge >= 0.3 is 40.5 Å². The average Bonchev–Trinajstić information content (AvgIpc) is 2.50. The van der Waals surface area contributed by atoms with Crippen LogP contribution in [0, 0.1) is 0 Å². The number of rotatable bonds is 3. The van der Waals surface area contributed by atoms with E-state index < -0.39 is 0 Å². The van der Waals surface area contributed by atoms with Gasteiger partial charge in [0.05, 0.1) is 5.69 Å². The predicted octanol–water partition coefficient (Wildman–Crippen LogP) is 3.96. The first-order chi connectivity index (χ1) is 10.3. The summed E-state index contributed by atoms with van der Waals surface area (Å²) in [6.07, 6.45) is 3.28. The summed E-state index contributed by atoms with van der Waals surface area (Å²) in [6.45, 7) is 0. The van der Waals surface area contributed by atoms with Crippen LogP contribution in [0.25, 0.3) is 5.43 Å². The molecule has 8 heteroatoms. The second-order valence-electron chi connectivity index (χ2n) is 3.51. The maximum absolute atomic E-state index is 4.19. The molecule has 2 rings (SSSR count). The molecule has 0 radical (unpaired) electrons. The summed E-state index contributed by atoms with van der Waals surface area (Å²) < 4.78 is 0. The molecule has 0 atom stereocenters. The SMILES string of the molecule is [Br][Zn][Br].[SH+]=C([N-]N=Cc1ccccn1)Nc1ccccc1. The number of anilines is 1. The number of nitrogens with one attached hydrogen (secondary N) is 1. The minimum atomic E-state index is -0.250. The van der Waals surface area contributed by atoms with E-state index in [-0.39, 0.29) is 13.2 Å². The van der Waals surface area contributed by atoms with E-state index in [1.807, 2.05) is 48.5 Å². The molecular formula is C13H12Br2N4SZn. The molecule has 0 aliphatic heterocycles. The van der Waals surface area contributed by atoms with Crippen LogP contribution in [0.3, 0.4) is 0 Å². The van der Waals surface area contributed by atoms with Crippen molar-refractivity contribution in [2.75, 3.05) is 5.32 Å². The van der Waals surface area contributed by atoms with Crippen LogP contribution in [0.1, 0.15) is 5.69 Å². The molecule has 106 valence electrons. The van der Waals surface area contributed by atoms with Gasteiger partial charge in [-0.2, -0.15) is 0 Å². The standard InChI is InChI=1S/C13H12N4S.2BrH.Zn/c18-13(16-11-6-2-1-3-7-11)17-15-10-12-8-4-5-9-14-12;;;/h1-10H,(H2,14,16,17,18);2*1H;/q;;;+2/p-2. The Morgan fingerprint density at radius 3 is 2.48 bits per heavy atom. The monoisotopic (exact) mass is 478 g/mol. The molecule has 0 aliphatic carbocycles. The Morgan fingerprint density at radius 2 is 1.86 bits per heavy atom. The number of nitrogens with zero attached hydrogens (tertiary/aromatic N) is 3. The van der Waals surface area contributed by atoms with Crippen molar-refractivity contribution in [3.05, 3.63) is 65.8 Å². The molecule has 0 saturated heterocycles. The minimum Gasteiger partial charge on any atom is -0.510 e. The van der Waals surface area contributed by atoms with Gasteiger partial charge in [-0.15, -0.1) is 0 Å². The maximum Gasteiger partial charge on any atom is 0.212 e.